The Morgan fingerprint density at radius 3 is 2.50 bits per heavy atom. The predicted molar refractivity (Wildman–Crippen MR) is 67.3 cm³/mol. The summed E-state index contributed by atoms with van der Waals surface area (Å²) in [5.41, 5.74) is 0.455. The Morgan fingerprint density at radius 1 is 1.19 bits per heavy atom. The van der Waals surface area contributed by atoms with Crippen molar-refractivity contribution in [2.45, 2.75) is 6.04 Å². The van der Waals surface area contributed by atoms with E-state index in [1.165, 1.54) is 6.07 Å². The van der Waals surface area contributed by atoms with E-state index in [9.17, 15) is 4.39 Å². The molecule has 0 spiro atoms. The van der Waals surface area contributed by atoms with Gasteiger partial charge in [-0.2, -0.15) is 0 Å². The summed E-state index contributed by atoms with van der Waals surface area (Å²) in [5, 5.41) is 6.90. The quantitative estimate of drug-likeness (QED) is 0.775. The van der Waals surface area contributed by atoms with E-state index < -0.39 is 5.82 Å². The fraction of sp³-hybridized carbons (Fsp3) is 0.400. The standard InChI is InChI=1S/C10H11Cl2FN2.ClH/c11-6-1-2-7(12)10(13)9(6)8-5-14-3-4-15-8;/h1-2,8,14-15H,3-5H2;1H/t8-;/m0./s1. The average molecular weight is 286 g/mol. The van der Waals surface area contributed by atoms with Crippen LogP contribution in [0.3, 0.4) is 0 Å². The molecular formula is C10H12Cl3FN2. The summed E-state index contributed by atoms with van der Waals surface area (Å²) in [7, 11) is 0. The molecule has 0 aromatic heterocycles. The molecule has 1 aliphatic heterocycles. The van der Waals surface area contributed by atoms with Crippen molar-refractivity contribution in [1.82, 2.24) is 10.6 Å². The van der Waals surface area contributed by atoms with Crippen molar-refractivity contribution in [1.29, 1.82) is 0 Å². The molecule has 2 rings (SSSR count). The van der Waals surface area contributed by atoms with Gasteiger partial charge >= 0.3 is 0 Å². The van der Waals surface area contributed by atoms with E-state index in [1.54, 1.807) is 6.07 Å². The van der Waals surface area contributed by atoms with E-state index in [4.69, 9.17) is 23.2 Å². The molecule has 1 saturated heterocycles. The number of hydrogen-bond donors (Lipinski definition) is 2. The lowest BCUT2D eigenvalue weighted by Gasteiger charge is -2.26. The highest BCUT2D eigenvalue weighted by Gasteiger charge is 2.22. The lowest BCUT2D eigenvalue weighted by atomic mass is 10.0. The molecule has 90 valence electrons. The minimum Gasteiger partial charge on any atom is -0.314 e. The minimum absolute atomic E-state index is 0. The molecule has 1 aromatic rings. The Kier molecular flexibility index (Phi) is 5.28. The van der Waals surface area contributed by atoms with Gasteiger partial charge in [-0.25, -0.2) is 4.39 Å². The van der Waals surface area contributed by atoms with Gasteiger partial charge in [0.25, 0.3) is 0 Å². The van der Waals surface area contributed by atoms with Crippen LogP contribution in [0.15, 0.2) is 12.1 Å². The second-order valence-electron chi connectivity index (χ2n) is 3.47. The lowest BCUT2D eigenvalue weighted by Crippen LogP contribution is -2.43. The molecule has 6 heteroatoms. The molecule has 2 nitrogen and oxygen atoms in total. The Labute approximate surface area is 110 Å². The SMILES string of the molecule is Cl.Fc1c(Cl)ccc(Cl)c1[C@@H]1CNCCN1. The van der Waals surface area contributed by atoms with Crippen molar-refractivity contribution in [3.05, 3.63) is 33.6 Å². The normalized spacial score (nSPS) is 20.3. The van der Waals surface area contributed by atoms with Gasteiger partial charge in [0.1, 0.15) is 5.82 Å². The van der Waals surface area contributed by atoms with Gasteiger partial charge in [0.05, 0.1) is 5.02 Å². The van der Waals surface area contributed by atoms with Crippen molar-refractivity contribution in [3.8, 4) is 0 Å². The van der Waals surface area contributed by atoms with Gasteiger partial charge < -0.3 is 10.6 Å². The molecular weight excluding hydrogens is 273 g/mol. The predicted octanol–water partition coefficient (Wildman–Crippen LogP) is 2.79. The second kappa shape index (κ2) is 6.03. The summed E-state index contributed by atoms with van der Waals surface area (Å²) in [6.45, 7) is 2.35. The minimum atomic E-state index is -0.426. The Hall–Kier alpha value is -0.0600. The number of rotatable bonds is 1. The maximum absolute atomic E-state index is 13.8. The summed E-state index contributed by atoms with van der Waals surface area (Å²) in [6, 6.07) is 2.99. The van der Waals surface area contributed by atoms with E-state index >= 15 is 0 Å². The number of hydrogen-bond acceptors (Lipinski definition) is 2. The topological polar surface area (TPSA) is 24.1 Å². The van der Waals surface area contributed by atoms with Gasteiger partial charge in [0.2, 0.25) is 0 Å². The van der Waals surface area contributed by atoms with E-state index in [0.717, 1.165) is 13.1 Å². The van der Waals surface area contributed by atoms with Crippen LogP contribution in [-0.4, -0.2) is 19.6 Å². The van der Waals surface area contributed by atoms with Crippen LogP contribution in [0, 0.1) is 5.82 Å². The van der Waals surface area contributed by atoms with Crippen LogP contribution in [-0.2, 0) is 0 Å². The summed E-state index contributed by atoms with van der Waals surface area (Å²) in [4.78, 5) is 0. The molecule has 0 aliphatic carbocycles. The van der Waals surface area contributed by atoms with Crippen molar-refractivity contribution in [2.75, 3.05) is 19.6 Å². The first kappa shape index (κ1) is 14.0. The maximum Gasteiger partial charge on any atom is 0.148 e. The third-order valence-electron chi connectivity index (χ3n) is 2.47. The van der Waals surface area contributed by atoms with Crippen LogP contribution in [0.1, 0.15) is 11.6 Å². The van der Waals surface area contributed by atoms with Crippen molar-refractivity contribution >= 4 is 35.6 Å². The summed E-state index contributed by atoms with van der Waals surface area (Å²) in [5.74, 6) is -0.426. The zero-order valence-electron chi connectivity index (χ0n) is 8.40. The zero-order valence-corrected chi connectivity index (χ0v) is 10.7. The highest BCUT2D eigenvalue weighted by atomic mass is 35.5. The molecule has 0 radical (unpaired) electrons. The van der Waals surface area contributed by atoms with E-state index in [-0.39, 0.29) is 23.5 Å². The van der Waals surface area contributed by atoms with Crippen LogP contribution >= 0.6 is 35.6 Å². The fourth-order valence-electron chi connectivity index (χ4n) is 1.72. The molecule has 1 fully saturated rings. The van der Waals surface area contributed by atoms with Gasteiger partial charge in [-0.05, 0) is 12.1 Å². The Morgan fingerprint density at radius 2 is 1.88 bits per heavy atom. The summed E-state index contributed by atoms with van der Waals surface area (Å²) >= 11 is 11.7. The third kappa shape index (κ3) is 2.79. The van der Waals surface area contributed by atoms with Crippen LogP contribution in [0.25, 0.3) is 0 Å². The average Bonchev–Trinajstić information content (AvgIpc) is 2.26. The summed E-state index contributed by atoms with van der Waals surface area (Å²) < 4.78 is 13.8. The number of halogens is 4. The van der Waals surface area contributed by atoms with Crippen LogP contribution in [0.5, 0.6) is 0 Å². The largest absolute Gasteiger partial charge is 0.314 e. The lowest BCUT2D eigenvalue weighted by molar-refractivity contribution is 0.417. The fourth-order valence-corrected chi connectivity index (χ4v) is 2.16. The van der Waals surface area contributed by atoms with Crippen molar-refractivity contribution in [2.24, 2.45) is 0 Å². The zero-order chi connectivity index (χ0) is 10.8. The Bertz CT molecular complexity index is 367. The van der Waals surface area contributed by atoms with Crippen LogP contribution in [0.4, 0.5) is 4.39 Å². The molecule has 0 bridgehead atoms. The molecule has 1 aromatic carbocycles. The van der Waals surface area contributed by atoms with Gasteiger partial charge in [0.15, 0.2) is 0 Å². The number of benzene rings is 1. The Balaban J connectivity index is 0.00000128. The molecule has 0 amide bonds. The highest BCUT2D eigenvalue weighted by molar-refractivity contribution is 6.33. The van der Waals surface area contributed by atoms with Gasteiger partial charge in [-0.3, -0.25) is 0 Å². The first-order valence-electron chi connectivity index (χ1n) is 4.77. The molecule has 0 saturated carbocycles. The van der Waals surface area contributed by atoms with Crippen LogP contribution in [0.2, 0.25) is 10.0 Å². The summed E-state index contributed by atoms with van der Waals surface area (Å²) in [6.07, 6.45) is 0. The van der Waals surface area contributed by atoms with E-state index in [0.29, 0.717) is 17.1 Å². The van der Waals surface area contributed by atoms with Gasteiger partial charge in [0, 0.05) is 36.3 Å². The maximum atomic E-state index is 13.8. The van der Waals surface area contributed by atoms with Crippen molar-refractivity contribution < 1.29 is 4.39 Å². The molecule has 0 unspecified atom stereocenters. The van der Waals surface area contributed by atoms with E-state index in [1.807, 2.05) is 0 Å². The first-order valence-corrected chi connectivity index (χ1v) is 5.53. The smallest absolute Gasteiger partial charge is 0.148 e. The van der Waals surface area contributed by atoms with Crippen LogP contribution < -0.4 is 10.6 Å². The van der Waals surface area contributed by atoms with E-state index in [2.05, 4.69) is 10.6 Å². The first-order chi connectivity index (χ1) is 7.20. The molecule has 1 heterocycles. The highest BCUT2D eigenvalue weighted by Crippen LogP contribution is 2.30. The molecule has 16 heavy (non-hydrogen) atoms. The van der Waals surface area contributed by atoms with Gasteiger partial charge in [-0.1, -0.05) is 23.2 Å². The molecule has 1 aliphatic rings. The monoisotopic (exact) mass is 284 g/mol. The molecule has 1 atom stereocenters. The van der Waals surface area contributed by atoms with Crippen molar-refractivity contribution in [3.63, 3.8) is 0 Å². The number of nitrogens with one attached hydrogen (secondary N) is 2. The second-order valence-corrected chi connectivity index (χ2v) is 4.28. The third-order valence-corrected chi connectivity index (χ3v) is 3.09. The molecule has 2 N–H and O–H groups in total. The van der Waals surface area contributed by atoms with Gasteiger partial charge in [-0.15, -0.1) is 12.4 Å². The number of piperazine rings is 1.